The van der Waals surface area contributed by atoms with E-state index in [0.29, 0.717) is 0 Å². The number of fused-ring (bicyclic) bond motifs is 1. The first-order valence-corrected chi connectivity index (χ1v) is 10.9. The van der Waals surface area contributed by atoms with Crippen LogP contribution in [0.5, 0.6) is 0 Å². The lowest BCUT2D eigenvalue weighted by Crippen LogP contribution is -2.36. The van der Waals surface area contributed by atoms with Crippen molar-refractivity contribution in [3.05, 3.63) is 72.3 Å². The summed E-state index contributed by atoms with van der Waals surface area (Å²) in [6.07, 6.45) is 0. The molecule has 1 atom stereocenters. The van der Waals surface area contributed by atoms with Crippen molar-refractivity contribution < 1.29 is 13.2 Å². The molecular formula is C22H24N2O3S. The van der Waals surface area contributed by atoms with Crippen molar-refractivity contribution in [2.75, 3.05) is 31.2 Å². The summed E-state index contributed by atoms with van der Waals surface area (Å²) in [6.45, 7) is 5.10. The van der Waals surface area contributed by atoms with E-state index in [4.69, 9.17) is 4.74 Å². The lowest BCUT2D eigenvalue weighted by atomic mass is 10.1. The van der Waals surface area contributed by atoms with Crippen LogP contribution in [0.1, 0.15) is 18.5 Å². The molecule has 0 bridgehead atoms. The second-order valence-corrected chi connectivity index (χ2v) is 8.76. The molecule has 1 unspecified atom stereocenters. The van der Waals surface area contributed by atoms with Crippen molar-refractivity contribution >= 4 is 26.5 Å². The molecule has 1 aliphatic rings. The highest BCUT2D eigenvalue weighted by Gasteiger charge is 2.19. The first kappa shape index (κ1) is 18.9. The zero-order valence-electron chi connectivity index (χ0n) is 15.8. The molecular weight excluding hydrogens is 372 g/mol. The molecule has 0 aromatic heterocycles. The average Bonchev–Trinajstić information content (AvgIpc) is 2.74. The summed E-state index contributed by atoms with van der Waals surface area (Å²) >= 11 is 0. The lowest BCUT2D eigenvalue weighted by molar-refractivity contribution is 0.122. The third kappa shape index (κ3) is 4.04. The second-order valence-electron chi connectivity index (χ2n) is 7.04. The number of hydrogen-bond donors (Lipinski definition) is 1. The summed E-state index contributed by atoms with van der Waals surface area (Å²) in [5, 5.41) is 1.93. The zero-order chi connectivity index (χ0) is 19.6. The van der Waals surface area contributed by atoms with Gasteiger partial charge in [-0.05, 0) is 47.5 Å². The van der Waals surface area contributed by atoms with E-state index in [1.54, 1.807) is 12.1 Å². The van der Waals surface area contributed by atoms with Gasteiger partial charge in [-0.15, -0.1) is 0 Å². The van der Waals surface area contributed by atoms with Crippen molar-refractivity contribution in [1.29, 1.82) is 0 Å². The van der Waals surface area contributed by atoms with Crippen molar-refractivity contribution in [3.8, 4) is 0 Å². The molecule has 0 amide bonds. The molecule has 3 aromatic carbocycles. The minimum atomic E-state index is -3.61. The highest BCUT2D eigenvalue weighted by molar-refractivity contribution is 7.89. The number of benzene rings is 3. The van der Waals surface area contributed by atoms with E-state index in [1.807, 2.05) is 61.5 Å². The Morgan fingerprint density at radius 1 is 0.929 bits per heavy atom. The summed E-state index contributed by atoms with van der Waals surface area (Å²) in [5.41, 5.74) is 2.07. The maximum Gasteiger partial charge on any atom is 0.241 e. The monoisotopic (exact) mass is 396 g/mol. The zero-order valence-corrected chi connectivity index (χ0v) is 16.7. The van der Waals surface area contributed by atoms with Gasteiger partial charge in [0.2, 0.25) is 10.0 Å². The van der Waals surface area contributed by atoms with E-state index in [9.17, 15) is 8.42 Å². The van der Waals surface area contributed by atoms with Gasteiger partial charge >= 0.3 is 0 Å². The third-order valence-corrected chi connectivity index (χ3v) is 6.67. The molecule has 1 aliphatic heterocycles. The van der Waals surface area contributed by atoms with Gasteiger partial charge in [0.15, 0.2) is 0 Å². The van der Waals surface area contributed by atoms with Gasteiger partial charge in [0.1, 0.15) is 0 Å². The number of rotatable bonds is 5. The second kappa shape index (κ2) is 7.91. The van der Waals surface area contributed by atoms with Crippen LogP contribution in [-0.2, 0) is 14.8 Å². The third-order valence-electron chi connectivity index (χ3n) is 5.13. The Hall–Kier alpha value is -2.41. The Labute approximate surface area is 166 Å². The molecule has 1 heterocycles. The fraction of sp³-hybridized carbons (Fsp3) is 0.273. The standard InChI is InChI=1S/C22H24N2O3S/c1-17(18-6-9-21(10-7-18)24-12-14-27-15-13-24)23-28(25,26)22-11-8-19-4-2-3-5-20(19)16-22/h2-11,16-17,23H,12-15H2,1H3. The van der Waals surface area contributed by atoms with E-state index in [2.05, 4.69) is 9.62 Å². The first-order valence-electron chi connectivity index (χ1n) is 9.47. The molecule has 0 radical (unpaired) electrons. The lowest BCUT2D eigenvalue weighted by Gasteiger charge is -2.29. The van der Waals surface area contributed by atoms with Crippen LogP contribution in [0.15, 0.2) is 71.6 Å². The van der Waals surface area contributed by atoms with Crippen molar-refractivity contribution in [2.24, 2.45) is 0 Å². The van der Waals surface area contributed by atoms with E-state index in [1.165, 1.54) is 0 Å². The number of nitrogens with zero attached hydrogens (tertiary/aromatic N) is 1. The van der Waals surface area contributed by atoms with E-state index < -0.39 is 10.0 Å². The van der Waals surface area contributed by atoms with E-state index >= 15 is 0 Å². The largest absolute Gasteiger partial charge is 0.378 e. The van der Waals surface area contributed by atoms with Crippen LogP contribution in [0.25, 0.3) is 10.8 Å². The maximum absolute atomic E-state index is 12.8. The van der Waals surface area contributed by atoms with Crippen LogP contribution in [-0.4, -0.2) is 34.7 Å². The Bertz CT molecular complexity index is 1060. The summed E-state index contributed by atoms with van der Waals surface area (Å²) < 4.78 is 33.9. The quantitative estimate of drug-likeness (QED) is 0.714. The molecule has 4 rings (SSSR count). The number of anilines is 1. The van der Waals surface area contributed by atoms with Gasteiger partial charge in [-0.2, -0.15) is 0 Å². The van der Waals surface area contributed by atoms with Crippen molar-refractivity contribution in [2.45, 2.75) is 17.9 Å². The highest BCUT2D eigenvalue weighted by atomic mass is 32.2. The normalized spacial score (nSPS) is 16.2. The van der Waals surface area contributed by atoms with Crippen LogP contribution in [0.4, 0.5) is 5.69 Å². The van der Waals surface area contributed by atoms with Crippen LogP contribution in [0.2, 0.25) is 0 Å². The molecule has 3 aromatic rings. The Morgan fingerprint density at radius 2 is 1.61 bits per heavy atom. The Balaban J connectivity index is 1.50. The molecule has 1 saturated heterocycles. The van der Waals surface area contributed by atoms with Gasteiger partial charge in [0.25, 0.3) is 0 Å². The molecule has 5 nitrogen and oxygen atoms in total. The topological polar surface area (TPSA) is 58.6 Å². The SMILES string of the molecule is CC(NS(=O)(=O)c1ccc2ccccc2c1)c1ccc(N2CCOCC2)cc1. The molecule has 146 valence electrons. The van der Waals surface area contributed by atoms with Gasteiger partial charge in [0, 0.05) is 24.8 Å². The van der Waals surface area contributed by atoms with Crippen LogP contribution >= 0.6 is 0 Å². The molecule has 0 spiro atoms. The van der Waals surface area contributed by atoms with Gasteiger partial charge < -0.3 is 9.64 Å². The molecule has 28 heavy (non-hydrogen) atoms. The number of morpholine rings is 1. The summed E-state index contributed by atoms with van der Waals surface area (Å²) in [7, 11) is -3.61. The minimum absolute atomic E-state index is 0.281. The van der Waals surface area contributed by atoms with Gasteiger partial charge in [0.05, 0.1) is 18.1 Å². The molecule has 0 saturated carbocycles. The summed E-state index contributed by atoms with van der Waals surface area (Å²) in [6, 6.07) is 20.7. The van der Waals surface area contributed by atoms with Crippen LogP contribution in [0.3, 0.4) is 0 Å². The number of ether oxygens (including phenoxy) is 1. The van der Waals surface area contributed by atoms with Gasteiger partial charge in [-0.1, -0.05) is 42.5 Å². The fourth-order valence-corrected chi connectivity index (χ4v) is 4.77. The number of hydrogen-bond acceptors (Lipinski definition) is 4. The summed E-state index contributed by atoms with van der Waals surface area (Å²) in [4.78, 5) is 2.56. The van der Waals surface area contributed by atoms with Gasteiger partial charge in [-0.25, -0.2) is 13.1 Å². The van der Waals surface area contributed by atoms with Crippen LogP contribution in [0, 0.1) is 0 Å². The number of sulfonamides is 1. The Morgan fingerprint density at radius 3 is 2.32 bits per heavy atom. The first-order chi connectivity index (χ1) is 13.5. The van der Waals surface area contributed by atoms with Gasteiger partial charge in [-0.3, -0.25) is 0 Å². The Kier molecular flexibility index (Phi) is 5.35. The van der Waals surface area contributed by atoms with Crippen molar-refractivity contribution in [1.82, 2.24) is 4.72 Å². The predicted octanol–water partition coefficient (Wildman–Crippen LogP) is 3.72. The summed E-state index contributed by atoms with van der Waals surface area (Å²) in [5.74, 6) is 0. The smallest absolute Gasteiger partial charge is 0.241 e. The molecule has 0 aliphatic carbocycles. The van der Waals surface area contributed by atoms with Crippen molar-refractivity contribution in [3.63, 3.8) is 0 Å². The van der Waals surface area contributed by atoms with Crippen LogP contribution < -0.4 is 9.62 Å². The molecule has 1 N–H and O–H groups in total. The molecule has 1 fully saturated rings. The van der Waals surface area contributed by atoms with E-state index in [0.717, 1.165) is 48.3 Å². The minimum Gasteiger partial charge on any atom is -0.378 e. The number of nitrogens with one attached hydrogen (secondary N) is 1. The predicted molar refractivity (Wildman–Crippen MR) is 112 cm³/mol. The fourth-order valence-electron chi connectivity index (χ4n) is 3.50. The average molecular weight is 397 g/mol. The maximum atomic E-state index is 12.8. The van der Waals surface area contributed by atoms with E-state index in [-0.39, 0.29) is 10.9 Å². The molecule has 6 heteroatoms. The highest BCUT2D eigenvalue weighted by Crippen LogP contribution is 2.23.